The minimum Gasteiger partial charge on any atom is -0.462 e. The minimum absolute atomic E-state index is 0.107. The second kappa shape index (κ2) is 80.3. The molecule has 642 valence electrons. The first-order chi connectivity index (χ1) is 52.4. The number of aliphatic hydroxyl groups is 1. The molecule has 0 aliphatic rings. The Morgan fingerprint density at radius 1 is 0.269 bits per heavy atom. The van der Waals surface area contributed by atoms with Crippen LogP contribution < -0.4 is 0 Å². The monoisotopic (exact) mass is 1580 g/mol. The van der Waals surface area contributed by atoms with E-state index in [4.69, 9.17) is 37.0 Å². The Hall–Kier alpha value is -1.94. The second-order valence-electron chi connectivity index (χ2n) is 32.7. The summed E-state index contributed by atoms with van der Waals surface area (Å²) >= 11 is 0. The van der Waals surface area contributed by atoms with E-state index in [0.717, 1.165) is 108 Å². The number of phosphoric acid groups is 2. The number of unbranched alkanes of at least 4 members (excludes halogenated alkanes) is 57. The molecule has 0 aromatic carbocycles. The summed E-state index contributed by atoms with van der Waals surface area (Å²) in [6.07, 6.45) is 73.8. The van der Waals surface area contributed by atoms with E-state index >= 15 is 0 Å². The van der Waals surface area contributed by atoms with Crippen molar-refractivity contribution in [2.24, 2.45) is 11.8 Å². The van der Waals surface area contributed by atoms with Crippen LogP contribution >= 0.6 is 15.6 Å². The largest absolute Gasteiger partial charge is 0.472 e. The number of aliphatic hydroxyl groups excluding tert-OH is 1. The summed E-state index contributed by atoms with van der Waals surface area (Å²) in [5.74, 6) is -0.575. The van der Waals surface area contributed by atoms with E-state index in [0.29, 0.717) is 25.7 Å². The second-order valence-corrected chi connectivity index (χ2v) is 35.6. The topological polar surface area (TPSA) is 237 Å². The Kier molecular flexibility index (Phi) is 78.8. The van der Waals surface area contributed by atoms with Crippen molar-refractivity contribution in [1.82, 2.24) is 0 Å². The summed E-state index contributed by atoms with van der Waals surface area (Å²) in [7, 11) is -9.93. The van der Waals surface area contributed by atoms with Crippen LogP contribution in [0.5, 0.6) is 0 Å². The standard InChI is InChI=1S/C89H174O17P2/c1-7-10-12-14-16-18-20-22-24-26-28-30-32-34-36-41-45-49-53-61-67-73-88(93)105-84(77-99-86(91)71-65-59-52-48-44-40-35-33-31-29-27-25-23-21-19-17-15-13-11-8-2)79-103-107(95,96)101-75-83(90)76-102-108(97,98)104-80-85(78-100-87(92)72-66-60-56-55-58-64-70-82(6)9-3)106-89(94)74-68-62-54-50-46-42-38-37-39-43-47-51-57-63-69-81(4)5/h81-85,90H,7-80H2,1-6H3,(H,95,96)(H,97,98)/t82?,83-,84-,85-/m1/s1. The zero-order chi connectivity index (χ0) is 79.2. The molecule has 19 heteroatoms. The van der Waals surface area contributed by atoms with Gasteiger partial charge in [0.1, 0.15) is 19.3 Å². The van der Waals surface area contributed by atoms with Crippen molar-refractivity contribution >= 4 is 39.5 Å². The van der Waals surface area contributed by atoms with Crippen molar-refractivity contribution in [3.63, 3.8) is 0 Å². The van der Waals surface area contributed by atoms with Crippen LogP contribution in [-0.2, 0) is 65.4 Å². The SMILES string of the molecule is CCCCCCCCCCCCCCCCCCCCCCCC(=O)O[C@H](COC(=O)CCCCCCCCCCCCCCCCCCCCCC)COP(=O)(O)OC[C@@H](O)COP(=O)(O)OC[C@@H](COC(=O)CCCCCCCCC(C)CC)OC(=O)CCCCCCCCCCCCCCCCC(C)C. The quantitative estimate of drug-likeness (QED) is 0.0222. The maximum Gasteiger partial charge on any atom is 0.472 e. The Balaban J connectivity index is 5.22. The molecule has 0 aromatic heterocycles. The molecule has 108 heavy (non-hydrogen) atoms. The van der Waals surface area contributed by atoms with E-state index in [1.807, 2.05) is 0 Å². The number of ether oxygens (including phenoxy) is 4. The summed E-state index contributed by atoms with van der Waals surface area (Å²) in [5.41, 5.74) is 0. The van der Waals surface area contributed by atoms with Gasteiger partial charge < -0.3 is 33.8 Å². The van der Waals surface area contributed by atoms with Gasteiger partial charge in [-0.25, -0.2) is 9.13 Å². The highest BCUT2D eigenvalue weighted by Crippen LogP contribution is 2.45. The zero-order valence-electron chi connectivity index (χ0n) is 71.2. The molecule has 0 spiro atoms. The van der Waals surface area contributed by atoms with Crippen molar-refractivity contribution in [3.8, 4) is 0 Å². The molecule has 3 N–H and O–H groups in total. The van der Waals surface area contributed by atoms with E-state index in [1.54, 1.807) is 0 Å². The van der Waals surface area contributed by atoms with Crippen LogP contribution in [0.4, 0.5) is 0 Å². The molecule has 0 aliphatic heterocycles. The smallest absolute Gasteiger partial charge is 0.462 e. The zero-order valence-corrected chi connectivity index (χ0v) is 73.0. The average molecular weight is 1580 g/mol. The summed E-state index contributed by atoms with van der Waals surface area (Å²) < 4.78 is 69.0. The van der Waals surface area contributed by atoms with Gasteiger partial charge in [0.15, 0.2) is 12.2 Å². The molecule has 0 aliphatic carbocycles. The third-order valence-electron chi connectivity index (χ3n) is 21.3. The number of esters is 4. The molecular weight excluding hydrogens is 1400 g/mol. The molecule has 0 radical (unpaired) electrons. The fourth-order valence-electron chi connectivity index (χ4n) is 13.9. The summed E-state index contributed by atoms with van der Waals surface area (Å²) in [5, 5.41) is 10.7. The number of rotatable bonds is 88. The average Bonchev–Trinajstić information content (AvgIpc) is 0.898. The van der Waals surface area contributed by atoms with Gasteiger partial charge in [-0.3, -0.25) is 37.3 Å². The molecule has 0 amide bonds. The maximum atomic E-state index is 13.2. The lowest BCUT2D eigenvalue weighted by atomic mass is 10.00. The van der Waals surface area contributed by atoms with E-state index in [2.05, 4.69) is 41.5 Å². The number of phosphoric ester groups is 2. The maximum absolute atomic E-state index is 13.2. The molecule has 0 saturated carbocycles. The lowest BCUT2D eigenvalue weighted by Gasteiger charge is -2.21. The van der Waals surface area contributed by atoms with Gasteiger partial charge in [0.05, 0.1) is 26.4 Å². The Labute approximate surface area is 664 Å². The van der Waals surface area contributed by atoms with Crippen molar-refractivity contribution in [2.45, 2.75) is 496 Å². The number of hydrogen-bond acceptors (Lipinski definition) is 15. The molecule has 0 fully saturated rings. The molecule has 6 atom stereocenters. The van der Waals surface area contributed by atoms with Gasteiger partial charge in [0.25, 0.3) is 0 Å². The van der Waals surface area contributed by atoms with Gasteiger partial charge in [-0.2, -0.15) is 0 Å². The van der Waals surface area contributed by atoms with Crippen LogP contribution in [0.25, 0.3) is 0 Å². The van der Waals surface area contributed by atoms with Crippen molar-refractivity contribution in [2.75, 3.05) is 39.6 Å². The van der Waals surface area contributed by atoms with Crippen molar-refractivity contribution in [3.05, 3.63) is 0 Å². The Morgan fingerprint density at radius 3 is 0.704 bits per heavy atom. The van der Waals surface area contributed by atoms with Crippen LogP contribution in [0.2, 0.25) is 0 Å². The van der Waals surface area contributed by atoms with Gasteiger partial charge in [0.2, 0.25) is 0 Å². The molecule has 0 saturated heterocycles. The van der Waals surface area contributed by atoms with Crippen molar-refractivity contribution in [1.29, 1.82) is 0 Å². The number of carbonyl (C=O) groups excluding carboxylic acids is 4. The summed E-state index contributed by atoms with van der Waals surface area (Å²) in [6, 6.07) is 0. The highest BCUT2D eigenvalue weighted by atomic mass is 31.2. The van der Waals surface area contributed by atoms with E-state index in [1.165, 1.54) is 289 Å². The molecule has 3 unspecified atom stereocenters. The third-order valence-corrected chi connectivity index (χ3v) is 23.2. The predicted molar refractivity (Wildman–Crippen MR) is 446 cm³/mol. The molecule has 0 aromatic rings. The van der Waals surface area contributed by atoms with Crippen molar-refractivity contribution < 1.29 is 80.2 Å². The Morgan fingerprint density at radius 2 is 0.472 bits per heavy atom. The predicted octanol–water partition coefficient (Wildman–Crippen LogP) is 27.4. The third kappa shape index (κ3) is 80.7. The first-order valence-electron chi connectivity index (χ1n) is 46.0. The highest BCUT2D eigenvalue weighted by molar-refractivity contribution is 7.47. The van der Waals surface area contributed by atoms with Gasteiger partial charge in [0, 0.05) is 25.7 Å². The first kappa shape index (κ1) is 106. The lowest BCUT2D eigenvalue weighted by molar-refractivity contribution is -0.161. The Bertz CT molecular complexity index is 2070. The van der Waals surface area contributed by atoms with Crippen LogP contribution in [-0.4, -0.2) is 96.7 Å². The number of hydrogen-bond donors (Lipinski definition) is 3. The molecule has 17 nitrogen and oxygen atoms in total. The lowest BCUT2D eigenvalue weighted by Crippen LogP contribution is -2.30. The number of carbonyl (C=O) groups is 4. The highest BCUT2D eigenvalue weighted by Gasteiger charge is 2.31. The van der Waals surface area contributed by atoms with E-state index in [9.17, 15) is 43.2 Å². The fraction of sp³-hybridized carbons (Fsp3) is 0.955. The van der Waals surface area contributed by atoms with E-state index in [-0.39, 0.29) is 25.7 Å². The van der Waals surface area contributed by atoms with Gasteiger partial charge in [-0.1, -0.05) is 427 Å². The van der Waals surface area contributed by atoms with Crippen LogP contribution in [0.3, 0.4) is 0 Å². The fourth-order valence-corrected chi connectivity index (χ4v) is 15.5. The molecule has 0 rings (SSSR count). The molecule has 0 bridgehead atoms. The molecule has 0 heterocycles. The normalized spacial score (nSPS) is 14.0. The van der Waals surface area contributed by atoms with Gasteiger partial charge >= 0.3 is 39.5 Å². The van der Waals surface area contributed by atoms with Crippen LogP contribution in [0, 0.1) is 11.8 Å². The minimum atomic E-state index is -4.97. The molecular formula is C89H174O17P2. The van der Waals surface area contributed by atoms with Gasteiger partial charge in [-0.15, -0.1) is 0 Å². The summed E-state index contributed by atoms with van der Waals surface area (Å²) in [4.78, 5) is 73.3. The van der Waals surface area contributed by atoms with E-state index < -0.39 is 97.5 Å². The van der Waals surface area contributed by atoms with Crippen LogP contribution in [0.1, 0.15) is 478 Å². The summed E-state index contributed by atoms with van der Waals surface area (Å²) in [6.45, 7) is 9.67. The van der Waals surface area contributed by atoms with Gasteiger partial charge in [-0.05, 0) is 37.5 Å². The first-order valence-corrected chi connectivity index (χ1v) is 49.0. The van der Waals surface area contributed by atoms with Crippen LogP contribution in [0.15, 0.2) is 0 Å².